The van der Waals surface area contributed by atoms with E-state index in [9.17, 15) is 4.79 Å². The highest BCUT2D eigenvalue weighted by Crippen LogP contribution is 2.06. The highest BCUT2D eigenvalue weighted by Gasteiger charge is 2.09. The number of allylic oxidation sites excluding steroid dienone is 2. The van der Waals surface area contributed by atoms with E-state index in [1.54, 1.807) is 16.8 Å². The molecule has 14 heavy (non-hydrogen) atoms. The Kier molecular flexibility index (Phi) is 3.56. The molecule has 0 spiro atoms. The molecular formula is C10H15N3O. The van der Waals surface area contributed by atoms with Gasteiger partial charge in [0, 0.05) is 6.04 Å². The van der Waals surface area contributed by atoms with E-state index in [1.165, 1.54) is 6.33 Å². The fourth-order valence-corrected chi connectivity index (χ4v) is 1.23. The molecular weight excluding hydrogens is 178 g/mol. The van der Waals surface area contributed by atoms with Crippen LogP contribution in [0, 0.1) is 0 Å². The minimum absolute atomic E-state index is 0.0578. The molecule has 0 saturated carbocycles. The molecule has 0 amide bonds. The molecule has 0 fully saturated rings. The lowest BCUT2D eigenvalue weighted by Gasteiger charge is -2.07. The van der Waals surface area contributed by atoms with Gasteiger partial charge in [0.25, 0.3) is 0 Å². The third-order valence-electron chi connectivity index (χ3n) is 1.82. The Morgan fingerprint density at radius 1 is 1.64 bits per heavy atom. The standard InChI is InChI=1S/C10H15N3O/c1-4-5-9(14)6-10-11-7-12-13(10)8(2)3/h4-5,7-8H,6H2,1-3H3/b5-4+. The van der Waals surface area contributed by atoms with Crippen LogP contribution >= 0.6 is 0 Å². The minimum Gasteiger partial charge on any atom is -0.294 e. The van der Waals surface area contributed by atoms with Crippen molar-refractivity contribution in [3.8, 4) is 0 Å². The van der Waals surface area contributed by atoms with E-state index >= 15 is 0 Å². The summed E-state index contributed by atoms with van der Waals surface area (Å²) in [6.45, 7) is 5.85. The number of carbonyl (C=O) groups excluding carboxylic acids is 1. The number of hydrogen-bond acceptors (Lipinski definition) is 3. The number of hydrogen-bond donors (Lipinski definition) is 0. The van der Waals surface area contributed by atoms with Crippen LogP contribution in [0.15, 0.2) is 18.5 Å². The topological polar surface area (TPSA) is 47.8 Å². The molecule has 4 nitrogen and oxygen atoms in total. The van der Waals surface area contributed by atoms with Crippen LogP contribution in [0.1, 0.15) is 32.6 Å². The van der Waals surface area contributed by atoms with Crippen LogP contribution in [0.2, 0.25) is 0 Å². The maximum atomic E-state index is 11.3. The molecule has 76 valence electrons. The van der Waals surface area contributed by atoms with Crippen LogP contribution in [0.4, 0.5) is 0 Å². The van der Waals surface area contributed by atoms with Gasteiger partial charge in [-0.25, -0.2) is 9.67 Å². The van der Waals surface area contributed by atoms with E-state index in [1.807, 2.05) is 20.8 Å². The molecule has 1 heterocycles. The van der Waals surface area contributed by atoms with E-state index in [-0.39, 0.29) is 11.8 Å². The van der Waals surface area contributed by atoms with E-state index in [4.69, 9.17) is 0 Å². The Labute approximate surface area is 83.6 Å². The van der Waals surface area contributed by atoms with Crippen molar-refractivity contribution in [2.75, 3.05) is 0 Å². The average Bonchev–Trinajstić information content (AvgIpc) is 2.52. The zero-order chi connectivity index (χ0) is 10.6. The number of ketones is 1. The zero-order valence-electron chi connectivity index (χ0n) is 8.77. The second-order valence-electron chi connectivity index (χ2n) is 3.36. The lowest BCUT2D eigenvalue weighted by atomic mass is 10.2. The molecule has 0 aliphatic carbocycles. The van der Waals surface area contributed by atoms with Crippen LogP contribution in [0.3, 0.4) is 0 Å². The van der Waals surface area contributed by atoms with Crippen molar-refractivity contribution in [2.24, 2.45) is 0 Å². The maximum absolute atomic E-state index is 11.3. The third kappa shape index (κ3) is 2.52. The second-order valence-corrected chi connectivity index (χ2v) is 3.36. The third-order valence-corrected chi connectivity index (χ3v) is 1.82. The van der Waals surface area contributed by atoms with Crippen molar-refractivity contribution in [3.63, 3.8) is 0 Å². The largest absolute Gasteiger partial charge is 0.294 e. The Balaban J connectivity index is 2.76. The van der Waals surface area contributed by atoms with Crippen molar-refractivity contribution in [1.82, 2.24) is 14.8 Å². The Bertz CT molecular complexity index is 339. The molecule has 1 rings (SSSR count). The Hall–Kier alpha value is -1.45. The summed E-state index contributed by atoms with van der Waals surface area (Å²) in [7, 11) is 0. The minimum atomic E-state index is 0.0578. The van der Waals surface area contributed by atoms with Crippen LogP contribution in [-0.4, -0.2) is 20.5 Å². The van der Waals surface area contributed by atoms with E-state index in [0.29, 0.717) is 6.42 Å². The lowest BCUT2D eigenvalue weighted by molar-refractivity contribution is -0.114. The fraction of sp³-hybridized carbons (Fsp3) is 0.500. The SMILES string of the molecule is C/C=C/C(=O)Cc1ncnn1C(C)C. The number of aromatic nitrogens is 3. The number of nitrogens with zero attached hydrogens (tertiary/aromatic N) is 3. The van der Waals surface area contributed by atoms with Gasteiger partial charge in [-0.2, -0.15) is 5.10 Å². The van der Waals surface area contributed by atoms with Crippen molar-refractivity contribution in [1.29, 1.82) is 0 Å². The monoisotopic (exact) mass is 193 g/mol. The summed E-state index contributed by atoms with van der Waals surface area (Å²) in [6, 6.07) is 0.242. The van der Waals surface area contributed by atoms with Crippen molar-refractivity contribution < 1.29 is 4.79 Å². The molecule has 0 atom stereocenters. The van der Waals surface area contributed by atoms with Gasteiger partial charge in [-0.3, -0.25) is 4.79 Å². The Morgan fingerprint density at radius 3 is 2.93 bits per heavy atom. The van der Waals surface area contributed by atoms with Gasteiger partial charge in [0.2, 0.25) is 0 Å². The van der Waals surface area contributed by atoms with E-state index in [2.05, 4.69) is 10.1 Å². The van der Waals surface area contributed by atoms with Gasteiger partial charge in [-0.05, 0) is 26.8 Å². The predicted molar refractivity (Wildman–Crippen MR) is 53.9 cm³/mol. The molecule has 1 aromatic rings. The van der Waals surface area contributed by atoms with Crippen LogP contribution < -0.4 is 0 Å². The Morgan fingerprint density at radius 2 is 2.36 bits per heavy atom. The maximum Gasteiger partial charge on any atom is 0.162 e. The summed E-state index contributed by atoms with van der Waals surface area (Å²) in [5, 5.41) is 4.06. The highest BCUT2D eigenvalue weighted by atomic mass is 16.1. The van der Waals surface area contributed by atoms with Crippen LogP contribution in [0.5, 0.6) is 0 Å². The molecule has 0 radical (unpaired) electrons. The normalized spacial score (nSPS) is 11.4. The lowest BCUT2D eigenvalue weighted by Crippen LogP contribution is -2.11. The summed E-state index contributed by atoms with van der Waals surface area (Å²) in [5.74, 6) is 0.783. The fourth-order valence-electron chi connectivity index (χ4n) is 1.23. The molecule has 1 aromatic heterocycles. The van der Waals surface area contributed by atoms with Gasteiger partial charge >= 0.3 is 0 Å². The molecule has 0 aliphatic heterocycles. The molecule has 0 aliphatic rings. The van der Waals surface area contributed by atoms with Gasteiger partial charge < -0.3 is 0 Å². The first-order valence-corrected chi connectivity index (χ1v) is 4.69. The smallest absolute Gasteiger partial charge is 0.162 e. The van der Waals surface area contributed by atoms with Gasteiger partial charge in [0.1, 0.15) is 12.2 Å². The first-order chi connectivity index (χ1) is 6.65. The second kappa shape index (κ2) is 4.69. The van der Waals surface area contributed by atoms with Crippen molar-refractivity contribution >= 4 is 5.78 Å². The molecule has 0 N–H and O–H groups in total. The van der Waals surface area contributed by atoms with E-state index in [0.717, 1.165) is 5.82 Å². The number of carbonyl (C=O) groups is 1. The van der Waals surface area contributed by atoms with Gasteiger partial charge in [-0.1, -0.05) is 6.08 Å². The summed E-state index contributed by atoms with van der Waals surface area (Å²) < 4.78 is 1.77. The summed E-state index contributed by atoms with van der Waals surface area (Å²) in [6.07, 6.45) is 5.10. The van der Waals surface area contributed by atoms with Crippen molar-refractivity contribution in [3.05, 3.63) is 24.3 Å². The summed E-state index contributed by atoms with van der Waals surface area (Å²) in [5.41, 5.74) is 0. The molecule has 0 bridgehead atoms. The zero-order valence-corrected chi connectivity index (χ0v) is 8.77. The first kappa shape index (κ1) is 10.6. The predicted octanol–water partition coefficient (Wildman–Crippen LogP) is 1.55. The molecule has 0 unspecified atom stereocenters. The molecule has 0 saturated heterocycles. The van der Waals surface area contributed by atoms with Gasteiger partial charge in [0.05, 0.1) is 6.42 Å². The molecule has 4 heteroatoms. The van der Waals surface area contributed by atoms with Gasteiger partial charge in [-0.15, -0.1) is 0 Å². The quantitative estimate of drug-likeness (QED) is 0.681. The summed E-state index contributed by atoms with van der Waals surface area (Å²) >= 11 is 0. The first-order valence-electron chi connectivity index (χ1n) is 4.69. The van der Waals surface area contributed by atoms with Crippen LogP contribution in [-0.2, 0) is 11.2 Å². The van der Waals surface area contributed by atoms with Gasteiger partial charge in [0.15, 0.2) is 5.78 Å². The number of rotatable bonds is 4. The average molecular weight is 193 g/mol. The highest BCUT2D eigenvalue weighted by molar-refractivity contribution is 5.90. The van der Waals surface area contributed by atoms with Crippen LogP contribution in [0.25, 0.3) is 0 Å². The van der Waals surface area contributed by atoms with Crippen molar-refractivity contribution in [2.45, 2.75) is 33.2 Å². The summed E-state index contributed by atoms with van der Waals surface area (Å²) in [4.78, 5) is 15.4. The van der Waals surface area contributed by atoms with E-state index < -0.39 is 0 Å². The molecule has 0 aromatic carbocycles.